The molecule has 2 heterocycles. The Labute approximate surface area is 118 Å². The highest BCUT2D eigenvalue weighted by Gasteiger charge is 2.39. The summed E-state index contributed by atoms with van der Waals surface area (Å²) >= 11 is 5.86. The fraction of sp³-hybridized carbons (Fsp3) is 0.600. The summed E-state index contributed by atoms with van der Waals surface area (Å²) in [5.74, 6) is -0.331. The first-order valence-electron chi connectivity index (χ1n) is 7.04. The first-order valence-corrected chi connectivity index (χ1v) is 7.42. The van der Waals surface area contributed by atoms with Crippen LogP contribution in [-0.2, 0) is 6.54 Å². The van der Waals surface area contributed by atoms with Crippen LogP contribution in [0, 0.1) is 5.82 Å². The average molecular weight is 283 g/mol. The van der Waals surface area contributed by atoms with E-state index in [0.717, 1.165) is 12.1 Å². The van der Waals surface area contributed by atoms with Crippen molar-refractivity contribution < 1.29 is 4.39 Å². The third kappa shape index (κ3) is 2.64. The van der Waals surface area contributed by atoms with Gasteiger partial charge in [0.25, 0.3) is 0 Å². The molecule has 2 aliphatic heterocycles. The molecule has 0 radical (unpaired) electrons. The van der Waals surface area contributed by atoms with E-state index in [0.29, 0.717) is 18.1 Å². The van der Waals surface area contributed by atoms with Gasteiger partial charge in [0.2, 0.25) is 0 Å². The van der Waals surface area contributed by atoms with E-state index in [1.54, 1.807) is 6.07 Å². The molecule has 2 nitrogen and oxygen atoms in total. The predicted molar refractivity (Wildman–Crippen MR) is 75.8 cm³/mol. The molecule has 2 aliphatic rings. The minimum absolute atomic E-state index is 0.231. The van der Waals surface area contributed by atoms with E-state index in [1.807, 2.05) is 6.07 Å². The fourth-order valence-corrected chi connectivity index (χ4v) is 3.82. The summed E-state index contributed by atoms with van der Waals surface area (Å²) in [6.45, 7) is 0.895. The Bertz CT molecular complexity index is 451. The van der Waals surface area contributed by atoms with Crippen LogP contribution >= 0.6 is 11.6 Å². The minimum Gasteiger partial charge on any atom is -0.317 e. The van der Waals surface area contributed by atoms with E-state index in [9.17, 15) is 4.39 Å². The Morgan fingerprint density at radius 3 is 2.58 bits per heavy atom. The number of nitrogens with one attached hydrogen (secondary N) is 1. The SMILES string of the molecule is CNC1CC2CCC(C1)N2Cc1ccc(F)c(Cl)c1. The summed E-state index contributed by atoms with van der Waals surface area (Å²) < 4.78 is 13.2. The monoisotopic (exact) mass is 282 g/mol. The summed E-state index contributed by atoms with van der Waals surface area (Å²) in [6, 6.07) is 7.08. The van der Waals surface area contributed by atoms with E-state index in [1.165, 1.54) is 31.7 Å². The maximum Gasteiger partial charge on any atom is 0.141 e. The topological polar surface area (TPSA) is 15.3 Å². The van der Waals surface area contributed by atoms with Gasteiger partial charge in [-0.15, -0.1) is 0 Å². The highest BCUT2D eigenvalue weighted by atomic mass is 35.5. The number of hydrogen-bond donors (Lipinski definition) is 1. The first kappa shape index (κ1) is 13.3. The molecule has 4 heteroatoms. The van der Waals surface area contributed by atoms with Crippen LogP contribution in [0.4, 0.5) is 4.39 Å². The molecule has 0 aliphatic carbocycles. The van der Waals surface area contributed by atoms with Gasteiger partial charge >= 0.3 is 0 Å². The minimum atomic E-state index is -0.331. The summed E-state index contributed by atoms with van der Waals surface area (Å²) in [7, 11) is 2.06. The maximum absolute atomic E-state index is 13.2. The lowest BCUT2D eigenvalue weighted by molar-refractivity contribution is 0.111. The van der Waals surface area contributed by atoms with Gasteiger partial charge in [-0.1, -0.05) is 17.7 Å². The molecule has 1 N–H and O–H groups in total. The van der Waals surface area contributed by atoms with E-state index in [4.69, 9.17) is 11.6 Å². The zero-order chi connectivity index (χ0) is 13.4. The summed E-state index contributed by atoms with van der Waals surface area (Å²) in [6.07, 6.45) is 5.03. The van der Waals surface area contributed by atoms with Crippen molar-refractivity contribution in [1.82, 2.24) is 10.2 Å². The first-order chi connectivity index (χ1) is 9.17. The molecule has 2 saturated heterocycles. The molecule has 3 rings (SSSR count). The molecular formula is C15H20ClFN2. The second kappa shape index (κ2) is 5.39. The number of piperidine rings is 1. The van der Waals surface area contributed by atoms with Crippen molar-refractivity contribution in [3.63, 3.8) is 0 Å². The Hall–Kier alpha value is -0.640. The summed E-state index contributed by atoms with van der Waals surface area (Å²) in [5.41, 5.74) is 1.12. The molecule has 19 heavy (non-hydrogen) atoms. The fourth-order valence-electron chi connectivity index (χ4n) is 3.62. The van der Waals surface area contributed by atoms with Crippen LogP contribution in [0.15, 0.2) is 18.2 Å². The lowest BCUT2D eigenvalue weighted by Crippen LogP contribution is -2.47. The molecule has 2 fully saturated rings. The number of nitrogens with zero attached hydrogens (tertiary/aromatic N) is 1. The van der Waals surface area contributed by atoms with E-state index in [2.05, 4.69) is 17.3 Å². The molecule has 1 aromatic rings. The van der Waals surface area contributed by atoms with Crippen molar-refractivity contribution in [3.05, 3.63) is 34.6 Å². The number of rotatable bonds is 3. The highest BCUT2D eigenvalue weighted by Crippen LogP contribution is 2.36. The second-order valence-corrected chi connectivity index (χ2v) is 6.17. The zero-order valence-corrected chi connectivity index (χ0v) is 12.0. The molecule has 0 aromatic heterocycles. The molecule has 104 valence electrons. The quantitative estimate of drug-likeness (QED) is 0.916. The van der Waals surface area contributed by atoms with Crippen LogP contribution in [0.3, 0.4) is 0 Å². The van der Waals surface area contributed by atoms with Crippen molar-refractivity contribution in [2.75, 3.05) is 7.05 Å². The standard InChI is InChI=1S/C15H20ClFN2/c1-18-11-7-12-3-4-13(8-11)19(12)9-10-2-5-15(17)14(16)6-10/h2,5-6,11-13,18H,3-4,7-9H2,1H3. The van der Waals surface area contributed by atoms with E-state index in [-0.39, 0.29) is 10.8 Å². The Kier molecular flexibility index (Phi) is 3.79. The molecule has 0 spiro atoms. The van der Waals surface area contributed by atoms with Gasteiger partial charge in [0.1, 0.15) is 5.82 Å². The van der Waals surface area contributed by atoms with Gasteiger partial charge in [-0.25, -0.2) is 4.39 Å². The number of hydrogen-bond acceptors (Lipinski definition) is 2. The van der Waals surface area contributed by atoms with Crippen LogP contribution in [0.5, 0.6) is 0 Å². The van der Waals surface area contributed by atoms with Gasteiger partial charge in [0.05, 0.1) is 5.02 Å². The maximum atomic E-state index is 13.2. The van der Waals surface area contributed by atoms with E-state index >= 15 is 0 Å². The molecule has 1 aromatic carbocycles. The van der Waals surface area contributed by atoms with Crippen LogP contribution in [0.25, 0.3) is 0 Å². The van der Waals surface area contributed by atoms with Gasteiger partial charge in [-0.3, -0.25) is 4.90 Å². The highest BCUT2D eigenvalue weighted by molar-refractivity contribution is 6.30. The molecule has 0 saturated carbocycles. The summed E-state index contributed by atoms with van der Waals surface area (Å²) in [5, 5.41) is 3.64. The normalized spacial score (nSPS) is 30.8. The van der Waals surface area contributed by atoms with Crippen molar-refractivity contribution in [2.45, 2.75) is 50.4 Å². The van der Waals surface area contributed by atoms with Crippen molar-refractivity contribution in [2.24, 2.45) is 0 Å². The van der Waals surface area contributed by atoms with Crippen molar-refractivity contribution in [1.29, 1.82) is 0 Å². The van der Waals surface area contributed by atoms with Gasteiger partial charge < -0.3 is 5.32 Å². The van der Waals surface area contributed by atoms with Gasteiger partial charge in [-0.05, 0) is 50.4 Å². The van der Waals surface area contributed by atoms with Crippen molar-refractivity contribution in [3.8, 4) is 0 Å². The van der Waals surface area contributed by atoms with Crippen LogP contribution in [0.2, 0.25) is 5.02 Å². The third-order valence-electron chi connectivity index (χ3n) is 4.64. The van der Waals surface area contributed by atoms with Crippen LogP contribution in [0.1, 0.15) is 31.2 Å². The van der Waals surface area contributed by atoms with Gasteiger partial charge in [-0.2, -0.15) is 0 Å². The zero-order valence-electron chi connectivity index (χ0n) is 11.2. The molecule has 2 atom stereocenters. The molecule has 2 unspecified atom stereocenters. The Balaban J connectivity index is 1.72. The second-order valence-electron chi connectivity index (χ2n) is 5.76. The predicted octanol–water partition coefficient (Wildman–Crippen LogP) is 3.19. The van der Waals surface area contributed by atoms with Crippen LogP contribution < -0.4 is 5.32 Å². The van der Waals surface area contributed by atoms with E-state index < -0.39 is 0 Å². The van der Waals surface area contributed by atoms with Crippen LogP contribution in [-0.4, -0.2) is 30.1 Å². The molecule has 2 bridgehead atoms. The smallest absolute Gasteiger partial charge is 0.141 e. The number of halogens is 2. The molecular weight excluding hydrogens is 263 g/mol. The third-order valence-corrected chi connectivity index (χ3v) is 4.93. The number of benzene rings is 1. The Morgan fingerprint density at radius 1 is 1.32 bits per heavy atom. The van der Waals surface area contributed by atoms with Gasteiger partial charge in [0, 0.05) is 24.7 Å². The lowest BCUT2D eigenvalue weighted by atomic mass is 9.97. The Morgan fingerprint density at radius 2 is 2.00 bits per heavy atom. The molecule has 0 amide bonds. The average Bonchev–Trinajstić information content (AvgIpc) is 2.64. The van der Waals surface area contributed by atoms with Crippen molar-refractivity contribution >= 4 is 11.6 Å². The largest absolute Gasteiger partial charge is 0.317 e. The summed E-state index contributed by atoms with van der Waals surface area (Å²) in [4.78, 5) is 2.58. The van der Waals surface area contributed by atoms with Gasteiger partial charge in [0.15, 0.2) is 0 Å². The number of fused-ring (bicyclic) bond motifs is 2. The lowest BCUT2D eigenvalue weighted by Gasteiger charge is -2.39.